The number of aromatic nitrogens is 1. The van der Waals surface area contributed by atoms with E-state index in [2.05, 4.69) is 21.3 Å². The number of pyridine rings is 1. The molecule has 3 rings (SSSR count). The van der Waals surface area contributed by atoms with Gasteiger partial charge in [0.25, 0.3) is 0 Å². The van der Waals surface area contributed by atoms with Crippen LogP contribution in [0.15, 0.2) is 24.4 Å². The number of carbonyl (C=O) groups is 1. The van der Waals surface area contributed by atoms with Crippen molar-refractivity contribution >= 4 is 5.91 Å². The van der Waals surface area contributed by atoms with Crippen LogP contribution in [0, 0.1) is 11.3 Å². The second-order valence-electron chi connectivity index (χ2n) is 7.18. The predicted octanol–water partition coefficient (Wildman–Crippen LogP) is 1.83. The number of ether oxygens (including phenoxy) is 1. The zero-order chi connectivity index (χ0) is 16.3. The zero-order valence-corrected chi connectivity index (χ0v) is 14.1. The Labute approximate surface area is 138 Å². The van der Waals surface area contributed by atoms with Crippen molar-refractivity contribution in [3.8, 4) is 0 Å². The third kappa shape index (κ3) is 3.72. The molecule has 2 aliphatic heterocycles. The molecular weight excluding hydrogens is 290 g/mol. The SMILES string of the molecule is CC(C)NC(=O)C1CN(Cc2ccccn2)CC12CCOCC2. The minimum atomic E-state index is 0.0533. The summed E-state index contributed by atoms with van der Waals surface area (Å²) in [5.41, 5.74) is 1.13. The average Bonchev–Trinajstić information content (AvgIpc) is 2.86. The molecule has 0 bridgehead atoms. The smallest absolute Gasteiger partial charge is 0.225 e. The molecule has 5 heteroatoms. The molecule has 2 fully saturated rings. The highest BCUT2D eigenvalue weighted by molar-refractivity contribution is 5.80. The second-order valence-corrected chi connectivity index (χ2v) is 7.18. The van der Waals surface area contributed by atoms with Gasteiger partial charge in [-0.25, -0.2) is 0 Å². The highest BCUT2D eigenvalue weighted by Crippen LogP contribution is 2.44. The van der Waals surface area contributed by atoms with Crippen molar-refractivity contribution in [2.24, 2.45) is 11.3 Å². The molecule has 126 valence electrons. The van der Waals surface area contributed by atoms with Crippen LogP contribution in [0.4, 0.5) is 0 Å². The van der Waals surface area contributed by atoms with Gasteiger partial charge >= 0.3 is 0 Å². The number of nitrogens with zero attached hydrogens (tertiary/aromatic N) is 2. The summed E-state index contributed by atoms with van der Waals surface area (Å²) in [6, 6.07) is 6.19. The van der Waals surface area contributed by atoms with E-state index in [1.807, 2.05) is 32.2 Å². The molecule has 2 aliphatic rings. The number of rotatable bonds is 4. The lowest BCUT2D eigenvalue weighted by molar-refractivity contribution is -0.130. The van der Waals surface area contributed by atoms with E-state index in [0.717, 1.165) is 51.4 Å². The summed E-state index contributed by atoms with van der Waals surface area (Å²) in [4.78, 5) is 19.5. The van der Waals surface area contributed by atoms with Crippen molar-refractivity contribution in [1.82, 2.24) is 15.2 Å². The molecular formula is C18H27N3O2. The monoisotopic (exact) mass is 317 g/mol. The first kappa shape index (κ1) is 16.4. The highest BCUT2D eigenvalue weighted by Gasteiger charge is 2.50. The van der Waals surface area contributed by atoms with Crippen LogP contribution < -0.4 is 5.32 Å². The summed E-state index contributed by atoms with van der Waals surface area (Å²) in [7, 11) is 0. The van der Waals surface area contributed by atoms with Gasteiger partial charge in [0.05, 0.1) is 11.6 Å². The van der Waals surface area contributed by atoms with Crippen LogP contribution in [-0.4, -0.2) is 48.1 Å². The largest absolute Gasteiger partial charge is 0.381 e. The molecule has 2 saturated heterocycles. The first-order valence-electron chi connectivity index (χ1n) is 8.59. The minimum absolute atomic E-state index is 0.0533. The van der Waals surface area contributed by atoms with E-state index in [0.29, 0.717) is 0 Å². The minimum Gasteiger partial charge on any atom is -0.381 e. The molecule has 1 aromatic heterocycles. The summed E-state index contributed by atoms with van der Waals surface area (Å²) < 4.78 is 5.56. The molecule has 0 aliphatic carbocycles. The van der Waals surface area contributed by atoms with E-state index in [4.69, 9.17) is 4.74 Å². The Hall–Kier alpha value is -1.46. The van der Waals surface area contributed by atoms with Gasteiger partial charge < -0.3 is 10.1 Å². The maximum Gasteiger partial charge on any atom is 0.225 e. The first-order chi connectivity index (χ1) is 11.1. The van der Waals surface area contributed by atoms with Gasteiger partial charge in [-0.1, -0.05) is 6.07 Å². The summed E-state index contributed by atoms with van der Waals surface area (Å²) in [5.74, 6) is 0.253. The maximum absolute atomic E-state index is 12.7. The van der Waals surface area contributed by atoms with Gasteiger partial charge in [-0.05, 0) is 38.8 Å². The molecule has 1 unspecified atom stereocenters. The predicted molar refractivity (Wildman–Crippen MR) is 88.8 cm³/mol. The molecule has 1 amide bonds. The summed E-state index contributed by atoms with van der Waals surface area (Å²) >= 11 is 0. The molecule has 3 heterocycles. The third-order valence-electron chi connectivity index (χ3n) is 5.07. The Morgan fingerprint density at radius 3 is 2.87 bits per heavy atom. The number of hydrogen-bond donors (Lipinski definition) is 1. The van der Waals surface area contributed by atoms with Crippen molar-refractivity contribution in [1.29, 1.82) is 0 Å². The van der Waals surface area contributed by atoms with Crippen LogP contribution in [0.5, 0.6) is 0 Å². The van der Waals surface area contributed by atoms with Crippen molar-refractivity contribution in [2.75, 3.05) is 26.3 Å². The summed E-state index contributed by atoms with van der Waals surface area (Å²) in [5, 5.41) is 3.12. The lowest BCUT2D eigenvalue weighted by atomic mass is 9.71. The van der Waals surface area contributed by atoms with Crippen molar-refractivity contribution < 1.29 is 9.53 Å². The molecule has 23 heavy (non-hydrogen) atoms. The van der Waals surface area contributed by atoms with Crippen LogP contribution in [-0.2, 0) is 16.1 Å². The third-order valence-corrected chi connectivity index (χ3v) is 5.07. The highest BCUT2D eigenvalue weighted by atomic mass is 16.5. The van der Waals surface area contributed by atoms with Gasteiger partial charge in [0.1, 0.15) is 0 Å². The fourth-order valence-corrected chi connectivity index (χ4v) is 3.94. The van der Waals surface area contributed by atoms with Crippen LogP contribution in [0.3, 0.4) is 0 Å². The van der Waals surface area contributed by atoms with E-state index in [9.17, 15) is 4.79 Å². The van der Waals surface area contributed by atoms with Gasteiger partial charge in [-0.3, -0.25) is 14.7 Å². The van der Waals surface area contributed by atoms with E-state index in [-0.39, 0.29) is 23.3 Å². The molecule has 1 N–H and O–H groups in total. The maximum atomic E-state index is 12.7. The van der Waals surface area contributed by atoms with E-state index >= 15 is 0 Å². The Kier molecular flexibility index (Phi) is 4.97. The molecule has 0 saturated carbocycles. The topological polar surface area (TPSA) is 54.5 Å². The number of likely N-dealkylation sites (tertiary alicyclic amines) is 1. The fraction of sp³-hybridized carbons (Fsp3) is 0.667. The first-order valence-corrected chi connectivity index (χ1v) is 8.59. The molecule has 0 aromatic carbocycles. The van der Waals surface area contributed by atoms with Crippen LogP contribution >= 0.6 is 0 Å². The van der Waals surface area contributed by atoms with E-state index < -0.39 is 0 Å². The Morgan fingerprint density at radius 2 is 2.22 bits per heavy atom. The summed E-state index contributed by atoms with van der Waals surface area (Å²) in [6.45, 7) is 8.17. The van der Waals surface area contributed by atoms with E-state index in [1.165, 1.54) is 0 Å². The van der Waals surface area contributed by atoms with Crippen molar-refractivity contribution in [2.45, 2.75) is 39.3 Å². The second kappa shape index (κ2) is 6.97. The molecule has 1 atom stereocenters. The number of amides is 1. The van der Waals surface area contributed by atoms with Gasteiger partial charge in [0, 0.05) is 50.5 Å². The van der Waals surface area contributed by atoms with Gasteiger partial charge in [0.15, 0.2) is 0 Å². The molecule has 5 nitrogen and oxygen atoms in total. The van der Waals surface area contributed by atoms with Gasteiger partial charge in [0.2, 0.25) is 5.91 Å². The van der Waals surface area contributed by atoms with Crippen molar-refractivity contribution in [3.05, 3.63) is 30.1 Å². The van der Waals surface area contributed by atoms with E-state index in [1.54, 1.807) is 0 Å². The molecule has 1 aromatic rings. The number of nitrogens with one attached hydrogen (secondary N) is 1. The number of carbonyl (C=O) groups excluding carboxylic acids is 1. The van der Waals surface area contributed by atoms with Gasteiger partial charge in [-0.2, -0.15) is 0 Å². The average molecular weight is 317 g/mol. The quantitative estimate of drug-likeness (QED) is 0.920. The lowest BCUT2D eigenvalue weighted by Gasteiger charge is -2.37. The normalized spacial score (nSPS) is 24.2. The zero-order valence-electron chi connectivity index (χ0n) is 14.1. The Balaban J connectivity index is 1.74. The van der Waals surface area contributed by atoms with Crippen LogP contribution in [0.25, 0.3) is 0 Å². The van der Waals surface area contributed by atoms with Crippen LogP contribution in [0.1, 0.15) is 32.4 Å². The van der Waals surface area contributed by atoms with Gasteiger partial charge in [-0.15, -0.1) is 0 Å². The Morgan fingerprint density at radius 1 is 1.43 bits per heavy atom. The lowest BCUT2D eigenvalue weighted by Crippen LogP contribution is -2.46. The summed E-state index contributed by atoms with van der Waals surface area (Å²) in [6.07, 6.45) is 3.78. The molecule has 1 spiro atoms. The standard InChI is InChI=1S/C18H27N3O2/c1-14(2)20-17(22)16-12-21(11-15-5-3-4-8-19-15)13-18(16)6-9-23-10-7-18/h3-5,8,14,16H,6-7,9-13H2,1-2H3,(H,20,22). The fourth-order valence-electron chi connectivity index (χ4n) is 3.94. The Bertz CT molecular complexity index is 526. The number of hydrogen-bond acceptors (Lipinski definition) is 4. The van der Waals surface area contributed by atoms with Crippen LogP contribution in [0.2, 0.25) is 0 Å². The van der Waals surface area contributed by atoms with Crippen molar-refractivity contribution in [3.63, 3.8) is 0 Å². The molecule has 0 radical (unpaired) electrons.